The molecule has 2 aromatic rings. The van der Waals surface area contributed by atoms with Crippen molar-refractivity contribution in [2.45, 2.75) is 25.6 Å². The Hall–Kier alpha value is -3.15. The summed E-state index contributed by atoms with van der Waals surface area (Å²) in [6, 6.07) is 4.73. The van der Waals surface area contributed by atoms with Crippen molar-refractivity contribution >= 4 is 39.9 Å². The third-order valence-electron chi connectivity index (χ3n) is 4.10. The van der Waals surface area contributed by atoms with Gasteiger partial charge < -0.3 is 20.7 Å². The summed E-state index contributed by atoms with van der Waals surface area (Å²) in [5.41, 5.74) is 0.694. The fourth-order valence-electron chi connectivity index (χ4n) is 2.77. The van der Waals surface area contributed by atoms with Gasteiger partial charge in [0, 0.05) is 17.6 Å². The lowest BCUT2D eigenvalue weighted by atomic mass is 9.98. The fraction of sp³-hybridized carbons (Fsp3) is 0.333. The van der Waals surface area contributed by atoms with Crippen LogP contribution in [0.4, 0.5) is 24.0 Å². The number of anilines is 2. The monoisotopic (exact) mass is 442 g/mol. The van der Waals surface area contributed by atoms with Gasteiger partial charge in [0.25, 0.3) is 0 Å². The zero-order valence-corrected chi connectivity index (χ0v) is 16.2. The Morgan fingerprint density at radius 3 is 2.63 bits per heavy atom. The Morgan fingerprint density at radius 2 is 1.97 bits per heavy atom. The summed E-state index contributed by atoms with van der Waals surface area (Å²) in [6.07, 6.45) is -3.71. The minimum Gasteiger partial charge on any atom is -0.406 e. The highest BCUT2D eigenvalue weighted by Crippen LogP contribution is 2.24. The first-order chi connectivity index (χ1) is 14.2. The van der Waals surface area contributed by atoms with Crippen molar-refractivity contribution in [3.05, 3.63) is 35.3 Å². The number of nitrogens with zero attached hydrogens (tertiary/aromatic N) is 1. The third kappa shape index (κ3) is 6.17. The van der Waals surface area contributed by atoms with E-state index >= 15 is 0 Å². The van der Waals surface area contributed by atoms with Gasteiger partial charge in [-0.2, -0.15) is 0 Å². The van der Waals surface area contributed by atoms with Crippen molar-refractivity contribution in [3.63, 3.8) is 0 Å². The second-order valence-corrected chi connectivity index (χ2v) is 7.27. The molecular weight excluding hydrogens is 425 g/mol. The number of nitrogens with one attached hydrogen (secondary N) is 3. The molecule has 3 amide bonds. The van der Waals surface area contributed by atoms with Crippen LogP contribution in [0.1, 0.15) is 18.5 Å². The molecule has 3 N–H and O–H groups in total. The van der Waals surface area contributed by atoms with Crippen LogP contribution in [0.25, 0.3) is 0 Å². The van der Waals surface area contributed by atoms with E-state index in [0.29, 0.717) is 24.3 Å². The summed E-state index contributed by atoms with van der Waals surface area (Å²) in [5, 5.41) is 9.62. The second kappa shape index (κ2) is 9.11. The van der Waals surface area contributed by atoms with Gasteiger partial charge in [-0.3, -0.25) is 14.4 Å². The molecule has 1 fully saturated rings. The SMILES string of the molecule is O=C(Cc1csc(NC(=O)C2CCCNC2=O)n1)Nc1ccc(OC(F)(F)F)cc1. The van der Waals surface area contributed by atoms with Gasteiger partial charge in [0.2, 0.25) is 17.7 Å². The lowest BCUT2D eigenvalue weighted by Crippen LogP contribution is -2.42. The van der Waals surface area contributed by atoms with Crippen LogP contribution in [0.2, 0.25) is 0 Å². The highest BCUT2D eigenvalue weighted by Gasteiger charge is 2.31. The van der Waals surface area contributed by atoms with Gasteiger partial charge in [0.05, 0.1) is 12.1 Å². The van der Waals surface area contributed by atoms with Crippen molar-refractivity contribution < 1.29 is 32.3 Å². The summed E-state index contributed by atoms with van der Waals surface area (Å²) < 4.78 is 40.2. The highest BCUT2D eigenvalue weighted by molar-refractivity contribution is 7.14. The molecule has 0 saturated carbocycles. The second-order valence-electron chi connectivity index (χ2n) is 6.42. The summed E-state index contributed by atoms with van der Waals surface area (Å²) in [7, 11) is 0. The van der Waals surface area contributed by atoms with Gasteiger partial charge in [-0.1, -0.05) is 0 Å². The van der Waals surface area contributed by atoms with Crippen LogP contribution in [0.15, 0.2) is 29.6 Å². The first-order valence-electron chi connectivity index (χ1n) is 8.88. The zero-order valence-electron chi connectivity index (χ0n) is 15.4. The van der Waals surface area contributed by atoms with Crippen LogP contribution < -0.4 is 20.7 Å². The molecule has 1 unspecified atom stereocenters. The fourth-order valence-corrected chi connectivity index (χ4v) is 3.48. The van der Waals surface area contributed by atoms with Crippen molar-refractivity contribution in [2.75, 3.05) is 17.2 Å². The predicted molar refractivity (Wildman–Crippen MR) is 102 cm³/mol. The van der Waals surface area contributed by atoms with Crippen molar-refractivity contribution in [1.29, 1.82) is 0 Å². The van der Waals surface area contributed by atoms with E-state index in [0.717, 1.165) is 29.9 Å². The number of amides is 3. The summed E-state index contributed by atoms with van der Waals surface area (Å²) >= 11 is 1.12. The largest absolute Gasteiger partial charge is 0.573 e. The Labute approximate surface area is 172 Å². The standard InChI is InChI=1S/C18H17F3N4O4S/c19-18(20,21)29-12-5-3-10(4-6-12)23-14(26)8-11-9-30-17(24-11)25-16(28)13-2-1-7-22-15(13)27/h3-6,9,13H,1-2,7-8H2,(H,22,27)(H,23,26)(H,24,25,28). The molecule has 0 aliphatic carbocycles. The van der Waals surface area contributed by atoms with Gasteiger partial charge >= 0.3 is 6.36 Å². The lowest BCUT2D eigenvalue weighted by molar-refractivity contribution is -0.274. The average Bonchev–Trinajstić information content (AvgIpc) is 3.09. The van der Waals surface area contributed by atoms with Crippen LogP contribution in [0, 0.1) is 5.92 Å². The summed E-state index contributed by atoms with van der Waals surface area (Å²) in [5.74, 6) is -2.36. The van der Waals surface area contributed by atoms with Crippen molar-refractivity contribution in [1.82, 2.24) is 10.3 Å². The number of carbonyl (C=O) groups excluding carboxylic acids is 3. The van der Waals surface area contributed by atoms with Crippen molar-refractivity contribution in [3.8, 4) is 5.75 Å². The molecule has 30 heavy (non-hydrogen) atoms. The molecular formula is C18H17F3N4O4S. The first-order valence-corrected chi connectivity index (χ1v) is 9.76. The van der Waals surface area contributed by atoms with E-state index in [4.69, 9.17) is 0 Å². The summed E-state index contributed by atoms with van der Waals surface area (Å²) in [6.45, 7) is 0.553. The maximum atomic E-state index is 12.2. The molecule has 160 valence electrons. The van der Waals surface area contributed by atoms with Crippen LogP contribution in [0.3, 0.4) is 0 Å². The minimum atomic E-state index is -4.79. The van der Waals surface area contributed by atoms with Gasteiger partial charge in [-0.25, -0.2) is 4.98 Å². The topological polar surface area (TPSA) is 109 Å². The molecule has 1 aliphatic rings. The zero-order chi connectivity index (χ0) is 21.7. The molecule has 3 rings (SSSR count). The Bertz CT molecular complexity index is 930. The number of hydrogen-bond donors (Lipinski definition) is 3. The number of aromatic nitrogens is 1. The molecule has 1 atom stereocenters. The van der Waals surface area contributed by atoms with Crippen molar-refractivity contribution in [2.24, 2.45) is 5.92 Å². The van der Waals surface area contributed by atoms with Crippen LogP contribution in [0.5, 0.6) is 5.75 Å². The quantitative estimate of drug-likeness (QED) is 0.596. The van der Waals surface area contributed by atoms with Crippen LogP contribution in [-0.2, 0) is 20.8 Å². The molecule has 1 aromatic carbocycles. The Kier molecular flexibility index (Phi) is 6.55. The first kappa shape index (κ1) is 21.6. The van der Waals surface area contributed by atoms with Crippen LogP contribution in [-0.4, -0.2) is 35.6 Å². The van der Waals surface area contributed by atoms with Gasteiger partial charge in [0.1, 0.15) is 11.7 Å². The molecule has 1 aromatic heterocycles. The van der Waals surface area contributed by atoms with E-state index in [2.05, 4.69) is 25.7 Å². The van der Waals surface area contributed by atoms with Crippen LogP contribution >= 0.6 is 11.3 Å². The Morgan fingerprint density at radius 1 is 1.23 bits per heavy atom. The van der Waals surface area contributed by atoms with E-state index in [1.54, 1.807) is 5.38 Å². The maximum Gasteiger partial charge on any atom is 0.573 e. The van der Waals surface area contributed by atoms with E-state index in [-0.39, 0.29) is 17.5 Å². The number of thiazole rings is 1. The van der Waals surface area contributed by atoms with Gasteiger partial charge in [0.15, 0.2) is 5.13 Å². The molecule has 8 nitrogen and oxygen atoms in total. The maximum absolute atomic E-state index is 12.2. The van der Waals surface area contributed by atoms with Gasteiger partial charge in [-0.05, 0) is 37.1 Å². The van der Waals surface area contributed by atoms with E-state index < -0.39 is 29.8 Å². The smallest absolute Gasteiger partial charge is 0.406 e. The predicted octanol–water partition coefficient (Wildman–Crippen LogP) is 2.69. The number of benzene rings is 1. The van der Waals surface area contributed by atoms with E-state index in [1.165, 1.54) is 12.1 Å². The summed E-state index contributed by atoms with van der Waals surface area (Å²) in [4.78, 5) is 40.2. The number of carbonyl (C=O) groups is 3. The minimum absolute atomic E-state index is 0.100. The average molecular weight is 442 g/mol. The van der Waals surface area contributed by atoms with E-state index in [1.807, 2.05) is 0 Å². The molecule has 0 radical (unpaired) electrons. The molecule has 2 heterocycles. The molecule has 1 aliphatic heterocycles. The van der Waals surface area contributed by atoms with Gasteiger partial charge in [-0.15, -0.1) is 24.5 Å². The number of piperidine rings is 1. The number of hydrogen-bond acceptors (Lipinski definition) is 6. The highest BCUT2D eigenvalue weighted by atomic mass is 32.1. The third-order valence-corrected chi connectivity index (χ3v) is 4.90. The number of rotatable bonds is 6. The molecule has 1 saturated heterocycles. The Balaban J connectivity index is 1.51. The number of alkyl halides is 3. The lowest BCUT2D eigenvalue weighted by Gasteiger charge is -2.20. The van der Waals surface area contributed by atoms with E-state index in [9.17, 15) is 27.6 Å². The number of halogens is 3. The normalized spacial score (nSPS) is 16.5. The number of ether oxygens (including phenoxy) is 1. The molecule has 0 bridgehead atoms. The molecule has 12 heteroatoms. The molecule has 0 spiro atoms.